The van der Waals surface area contributed by atoms with Crippen LogP contribution in [0.4, 0.5) is 0 Å². The molecule has 1 heterocycles. The summed E-state index contributed by atoms with van der Waals surface area (Å²) in [6.45, 7) is 0.695. The number of amides is 2. The Morgan fingerprint density at radius 1 is 1.10 bits per heavy atom. The van der Waals surface area contributed by atoms with Gasteiger partial charge in [-0.15, -0.1) is 10.2 Å². The van der Waals surface area contributed by atoms with E-state index in [1.165, 1.54) is 11.8 Å². The number of primary amides is 1. The number of carbonyl (C=O) groups is 2. The molecule has 2 amide bonds. The lowest BCUT2D eigenvalue weighted by molar-refractivity contribution is -0.129. The first-order valence-electron chi connectivity index (χ1n) is 9.32. The smallest absolute Gasteiger partial charge is 0.233 e. The van der Waals surface area contributed by atoms with E-state index in [0.717, 1.165) is 11.1 Å². The zero-order valence-electron chi connectivity index (χ0n) is 16.5. The number of carbonyl (C=O) groups excluding carboxylic acids is 2. The molecule has 0 unspecified atom stereocenters. The minimum atomic E-state index is -0.436. The summed E-state index contributed by atoms with van der Waals surface area (Å²) in [6, 6.07) is 17.0. The minimum Gasteiger partial charge on any atom is -0.370 e. The molecule has 2 N–H and O–H groups in total. The highest BCUT2D eigenvalue weighted by Crippen LogP contribution is 2.24. The van der Waals surface area contributed by atoms with Crippen LogP contribution < -0.4 is 5.73 Å². The van der Waals surface area contributed by atoms with Crippen LogP contribution in [0.1, 0.15) is 12.0 Å². The highest BCUT2D eigenvalue weighted by atomic mass is 35.5. The molecule has 0 saturated carbocycles. The van der Waals surface area contributed by atoms with E-state index in [2.05, 4.69) is 10.2 Å². The largest absolute Gasteiger partial charge is 0.370 e. The molecule has 0 aliphatic heterocycles. The first kappa shape index (κ1) is 21.9. The Hall–Kier alpha value is -2.84. The molecular weight excluding hydrogens is 422 g/mol. The molecule has 0 radical (unpaired) electrons. The summed E-state index contributed by atoms with van der Waals surface area (Å²) in [4.78, 5) is 25.7. The molecule has 0 spiro atoms. The second kappa shape index (κ2) is 10.3. The van der Waals surface area contributed by atoms with Crippen LogP contribution in [0, 0.1) is 0 Å². The molecule has 0 aliphatic carbocycles. The van der Waals surface area contributed by atoms with Gasteiger partial charge >= 0.3 is 0 Å². The Kier molecular flexibility index (Phi) is 7.48. The van der Waals surface area contributed by atoms with Gasteiger partial charge in [-0.3, -0.25) is 9.59 Å². The van der Waals surface area contributed by atoms with Gasteiger partial charge in [0.05, 0.1) is 5.75 Å². The molecule has 1 aromatic heterocycles. The quantitative estimate of drug-likeness (QED) is 0.513. The van der Waals surface area contributed by atoms with Crippen molar-refractivity contribution in [2.24, 2.45) is 12.8 Å². The first-order valence-corrected chi connectivity index (χ1v) is 10.7. The molecule has 0 bridgehead atoms. The van der Waals surface area contributed by atoms with Crippen molar-refractivity contribution >= 4 is 35.2 Å². The summed E-state index contributed by atoms with van der Waals surface area (Å²) in [6.07, 6.45) is 0.119. The topological polar surface area (TPSA) is 94.1 Å². The van der Waals surface area contributed by atoms with Gasteiger partial charge in [0.15, 0.2) is 11.0 Å². The van der Waals surface area contributed by atoms with Gasteiger partial charge in [-0.2, -0.15) is 0 Å². The van der Waals surface area contributed by atoms with Crippen molar-refractivity contribution in [3.8, 4) is 11.4 Å². The van der Waals surface area contributed by atoms with E-state index in [1.54, 1.807) is 17.0 Å². The number of hydrogen-bond donors (Lipinski definition) is 1. The third-order valence-electron chi connectivity index (χ3n) is 4.46. The molecule has 0 saturated heterocycles. The summed E-state index contributed by atoms with van der Waals surface area (Å²) in [5.74, 6) is 0.338. The maximum Gasteiger partial charge on any atom is 0.233 e. The second-order valence-corrected chi connectivity index (χ2v) is 8.06. The molecule has 0 atom stereocenters. The van der Waals surface area contributed by atoms with Crippen molar-refractivity contribution in [3.63, 3.8) is 0 Å². The Balaban J connectivity index is 1.67. The van der Waals surface area contributed by atoms with Crippen LogP contribution in [-0.4, -0.2) is 43.8 Å². The highest BCUT2D eigenvalue weighted by Gasteiger charge is 2.18. The number of benzene rings is 2. The van der Waals surface area contributed by atoms with Crippen LogP contribution in [0.5, 0.6) is 0 Å². The lowest BCUT2D eigenvalue weighted by Gasteiger charge is -2.22. The van der Waals surface area contributed by atoms with Crippen molar-refractivity contribution < 1.29 is 9.59 Å². The van der Waals surface area contributed by atoms with Crippen molar-refractivity contribution in [1.29, 1.82) is 0 Å². The number of nitrogens with two attached hydrogens (primary N) is 1. The van der Waals surface area contributed by atoms with Crippen molar-refractivity contribution in [3.05, 3.63) is 65.2 Å². The Labute approximate surface area is 184 Å². The predicted molar refractivity (Wildman–Crippen MR) is 118 cm³/mol. The van der Waals surface area contributed by atoms with Gasteiger partial charge in [0.1, 0.15) is 0 Å². The fourth-order valence-corrected chi connectivity index (χ4v) is 3.79. The van der Waals surface area contributed by atoms with Gasteiger partial charge in [-0.25, -0.2) is 0 Å². The standard InChI is InChI=1S/C21H22ClN5O2S/c1-26-20(16-7-9-17(22)10-8-16)24-25-21(26)30-14-19(29)27(12-11-18(23)28)13-15-5-3-2-4-6-15/h2-10H,11-14H2,1H3,(H2,23,28). The monoisotopic (exact) mass is 443 g/mol. The molecule has 7 nitrogen and oxygen atoms in total. The molecule has 3 aromatic rings. The molecule has 3 rings (SSSR count). The Morgan fingerprint density at radius 3 is 2.47 bits per heavy atom. The molecule has 2 aromatic carbocycles. The summed E-state index contributed by atoms with van der Waals surface area (Å²) >= 11 is 7.25. The van der Waals surface area contributed by atoms with Crippen LogP contribution in [0.25, 0.3) is 11.4 Å². The molecule has 9 heteroatoms. The normalized spacial score (nSPS) is 10.7. The number of nitrogens with zero attached hydrogens (tertiary/aromatic N) is 4. The lowest BCUT2D eigenvalue weighted by Crippen LogP contribution is -2.34. The van der Waals surface area contributed by atoms with E-state index >= 15 is 0 Å². The van der Waals surface area contributed by atoms with Crippen LogP contribution in [0.2, 0.25) is 5.02 Å². The van der Waals surface area contributed by atoms with Gasteiger partial charge in [0.25, 0.3) is 0 Å². The summed E-state index contributed by atoms with van der Waals surface area (Å²) in [5.41, 5.74) is 7.15. The van der Waals surface area contributed by atoms with E-state index in [4.69, 9.17) is 17.3 Å². The van der Waals surface area contributed by atoms with E-state index in [0.29, 0.717) is 22.5 Å². The molecular formula is C21H22ClN5O2S. The van der Waals surface area contributed by atoms with Crippen LogP contribution in [0.3, 0.4) is 0 Å². The molecule has 0 aliphatic rings. The second-order valence-electron chi connectivity index (χ2n) is 6.68. The van der Waals surface area contributed by atoms with E-state index in [-0.39, 0.29) is 24.6 Å². The molecule has 0 fully saturated rings. The molecule has 30 heavy (non-hydrogen) atoms. The van der Waals surface area contributed by atoms with Crippen molar-refractivity contribution in [2.75, 3.05) is 12.3 Å². The van der Waals surface area contributed by atoms with Gasteiger partial charge in [-0.05, 0) is 29.8 Å². The number of rotatable bonds is 9. The zero-order chi connectivity index (χ0) is 21.5. The zero-order valence-corrected chi connectivity index (χ0v) is 18.1. The van der Waals surface area contributed by atoms with Crippen LogP contribution >= 0.6 is 23.4 Å². The molecule has 156 valence electrons. The summed E-state index contributed by atoms with van der Waals surface area (Å²) in [5, 5.41) is 9.71. The van der Waals surface area contributed by atoms with Gasteiger partial charge in [0.2, 0.25) is 11.8 Å². The van der Waals surface area contributed by atoms with Crippen molar-refractivity contribution in [2.45, 2.75) is 18.1 Å². The fraction of sp³-hybridized carbons (Fsp3) is 0.238. The van der Waals surface area contributed by atoms with Gasteiger partial charge in [-0.1, -0.05) is 53.7 Å². The lowest BCUT2D eigenvalue weighted by atomic mass is 10.2. The average Bonchev–Trinajstić information content (AvgIpc) is 3.11. The van der Waals surface area contributed by atoms with Crippen LogP contribution in [0.15, 0.2) is 59.8 Å². The van der Waals surface area contributed by atoms with E-state index in [9.17, 15) is 9.59 Å². The predicted octanol–water partition coefficient (Wildman–Crippen LogP) is 3.13. The Bertz CT molecular complexity index is 1010. The number of aromatic nitrogens is 3. The summed E-state index contributed by atoms with van der Waals surface area (Å²) < 4.78 is 1.84. The van der Waals surface area contributed by atoms with Gasteiger partial charge in [0, 0.05) is 37.1 Å². The van der Waals surface area contributed by atoms with Crippen LogP contribution in [-0.2, 0) is 23.2 Å². The number of thioether (sulfide) groups is 1. The SMILES string of the molecule is Cn1c(SCC(=O)N(CCC(N)=O)Cc2ccccc2)nnc1-c1ccc(Cl)cc1. The number of hydrogen-bond acceptors (Lipinski definition) is 5. The van der Waals surface area contributed by atoms with Gasteiger partial charge < -0.3 is 15.2 Å². The fourth-order valence-electron chi connectivity index (χ4n) is 2.85. The summed E-state index contributed by atoms with van der Waals surface area (Å²) in [7, 11) is 1.85. The third kappa shape index (κ3) is 5.84. The third-order valence-corrected chi connectivity index (χ3v) is 5.72. The maximum atomic E-state index is 12.8. The van der Waals surface area contributed by atoms with Crippen molar-refractivity contribution in [1.82, 2.24) is 19.7 Å². The average molecular weight is 444 g/mol. The Morgan fingerprint density at radius 2 is 1.80 bits per heavy atom. The minimum absolute atomic E-state index is 0.0962. The highest BCUT2D eigenvalue weighted by molar-refractivity contribution is 7.99. The maximum absolute atomic E-state index is 12.8. The van der Waals surface area contributed by atoms with E-state index < -0.39 is 5.91 Å². The number of halogens is 1. The first-order chi connectivity index (χ1) is 14.4. The van der Waals surface area contributed by atoms with E-state index in [1.807, 2.05) is 54.1 Å².